The molecule has 20 heteroatoms. The highest BCUT2D eigenvalue weighted by atomic mass is 32.2. The number of imide groups is 2. The van der Waals surface area contributed by atoms with Crippen molar-refractivity contribution in [3.05, 3.63) is 95.2 Å². The third-order valence-corrected chi connectivity index (χ3v) is 10.3. The van der Waals surface area contributed by atoms with Gasteiger partial charge < -0.3 is 34.5 Å². The SMILES string of the molecule is CSN(C)c1cccc(CNc2nc(Nc3ccc(OCCCOCCC(=O)NCCOc4cccc5c4C(=O)N(C4CCC(=O)NC4=O)C5=O)cc3)ncc2C(F)(F)F)c1. The van der Waals surface area contributed by atoms with Gasteiger partial charge in [-0.25, -0.2) is 4.98 Å². The molecule has 6 rings (SSSR count). The highest BCUT2D eigenvalue weighted by molar-refractivity contribution is 7.99. The third-order valence-electron chi connectivity index (χ3n) is 9.50. The molecule has 0 saturated carbocycles. The minimum atomic E-state index is -4.66. The lowest BCUT2D eigenvalue weighted by molar-refractivity contribution is -0.138. The molecule has 4 aromatic rings. The normalized spacial score (nSPS) is 15.0. The number of anilines is 4. The number of carbonyl (C=O) groups excluding carboxylic acids is 5. The first-order valence-corrected chi connectivity index (χ1v) is 20.4. The van der Waals surface area contributed by atoms with Gasteiger partial charge in [0.15, 0.2) is 0 Å². The standard InChI is InChI=1S/C41H43F3N8O8S/c1-51(61-2)27-7-3-6-25(22-27)23-46-36-30(41(42,43)44)24-47-40(50-36)48-26-10-12-28(13-11-26)59-19-5-18-58-20-16-33(53)45-17-21-60-32-9-4-8-29-35(32)39(57)52(38(29)56)31-14-15-34(54)49-37(31)55/h3-4,6-13,22,24,31H,5,14-21,23H2,1-2H3,(H,45,53)(H,49,54,55)(H2,46,47,48,50). The minimum absolute atomic E-state index is 0.00555. The topological polar surface area (TPSA) is 193 Å². The van der Waals surface area contributed by atoms with Gasteiger partial charge in [0.05, 0.1) is 30.9 Å². The molecule has 16 nitrogen and oxygen atoms in total. The van der Waals surface area contributed by atoms with Gasteiger partial charge >= 0.3 is 6.18 Å². The van der Waals surface area contributed by atoms with Crippen LogP contribution in [0.25, 0.3) is 0 Å². The molecule has 1 aromatic heterocycles. The van der Waals surface area contributed by atoms with E-state index in [4.69, 9.17) is 14.2 Å². The van der Waals surface area contributed by atoms with Crippen LogP contribution in [0.5, 0.6) is 11.5 Å². The second-order valence-corrected chi connectivity index (χ2v) is 14.6. The molecule has 0 aliphatic carbocycles. The second kappa shape index (κ2) is 20.2. The lowest BCUT2D eigenvalue weighted by Crippen LogP contribution is -2.54. The van der Waals surface area contributed by atoms with E-state index in [1.54, 1.807) is 30.3 Å². The first kappa shape index (κ1) is 44.2. The Morgan fingerprint density at radius 2 is 1.77 bits per heavy atom. The average Bonchev–Trinajstić information content (AvgIpc) is 3.50. The van der Waals surface area contributed by atoms with Crippen LogP contribution in [0.2, 0.25) is 0 Å². The molecule has 322 valence electrons. The maximum absolute atomic E-state index is 13.8. The van der Waals surface area contributed by atoms with Crippen LogP contribution in [-0.2, 0) is 31.8 Å². The van der Waals surface area contributed by atoms with E-state index in [1.165, 1.54) is 24.1 Å². The average molecular weight is 865 g/mol. The number of hydrogen-bond acceptors (Lipinski definition) is 14. The molecular weight excluding hydrogens is 822 g/mol. The van der Waals surface area contributed by atoms with Crippen LogP contribution >= 0.6 is 11.9 Å². The number of carbonyl (C=O) groups is 5. The summed E-state index contributed by atoms with van der Waals surface area (Å²) in [6.45, 7) is 1.06. The fraction of sp³-hybridized carbons (Fsp3) is 0.341. The Bertz CT molecular complexity index is 2250. The lowest BCUT2D eigenvalue weighted by atomic mass is 10.0. The van der Waals surface area contributed by atoms with Gasteiger partial charge in [0.25, 0.3) is 11.8 Å². The molecule has 2 aliphatic rings. The Hall–Kier alpha value is -6.41. The highest BCUT2D eigenvalue weighted by Crippen LogP contribution is 2.35. The zero-order valence-corrected chi connectivity index (χ0v) is 34.0. The highest BCUT2D eigenvalue weighted by Gasteiger charge is 2.46. The molecule has 4 N–H and O–H groups in total. The molecule has 1 unspecified atom stereocenters. The van der Waals surface area contributed by atoms with E-state index in [9.17, 15) is 37.1 Å². The maximum Gasteiger partial charge on any atom is 0.421 e. The fourth-order valence-corrected chi connectivity index (χ4v) is 6.69. The molecule has 3 heterocycles. The number of halogens is 3. The van der Waals surface area contributed by atoms with E-state index in [2.05, 4.69) is 31.2 Å². The van der Waals surface area contributed by atoms with Gasteiger partial charge in [0, 0.05) is 63.3 Å². The number of piperidine rings is 1. The van der Waals surface area contributed by atoms with Gasteiger partial charge in [0.1, 0.15) is 35.5 Å². The lowest BCUT2D eigenvalue weighted by Gasteiger charge is -2.27. The quantitative estimate of drug-likeness (QED) is 0.0506. The van der Waals surface area contributed by atoms with Gasteiger partial charge in [-0.1, -0.05) is 30.1 Å². The molecule has 0 spiro atoms. The predicted molar refractivity (Wildman–Crippen MR) is 220 cm³/mol. The van der Waals surface area contributed by atoms with Crippen molar-refractivity contribution < 1.29 is 51.4 Å². The van der Waals surface area contributed by atoms with Crippen LogP contribution in [0.3, 0.4) is 0 Å². The first-order valence-electron chi connectivity index (χ1n) is 19.2. The number of benzene rings is 3. The summed E-state index contributed by atoms with van der Waals surface area (Å²) in [6.07, 6.45) is -1.32. The number of amides is 5. The molecule has 0 bridgehead atoms. The van der Waals surface area contributed by atoms with Crippen LogP contribution in [-0.4, -0.2) is 96.7 Å². The summed E-state index contributed by atoms with van der Waals surface area (Å²) in [4.78, 5) is 71.2. The Morgan fingerprint density at radius 3 is 2.52 bits per heavy atom. The van der Waals surface area contributed by atoms with Crippen LogP contribution in [0.1, 0.15) is 57.5 Å². The summed E-state index contributed by atoms with van der Waals surface area (Å²) in [5.74, 6) is -2.46. The number of aromatic nitrogens is 2. The number of nitrogens with zero attached hydrogens (tertiary/aromatic N) is 4. The van der Waals surface area contributed by atoms with Crippen molar-refractivity contribution in [3.63, 3.8) is 0 Å². The van der Waals surface area contributed by atoms with Crippen molar-refractivity contribution in [2.24, 2.45) is 0 Å². The fourth-order valence-electron chi connectivity index (χ4n) is 6.36. The van der Waals surface area contributed by atoms with E-state index in [0.29, 0.717) is 31.1 Å². The van der Waals surface area contributed by atoms with Gasteiger partial charge in [-0.05, 0) is 60.5 Å². The smallest absolute Gasteiger partial charge is 0.421 e. The van der Waals surface area contributed by atoms with Gasteiger partial charge in [-0.2, -0.15) is 18.2 Å². The third kappa shape index (κ3) is 11.5. The van der Waals surface area contributed by atoms with E-state index in [-0.39, 0.29) is 80.1 Å². The number of ether oxygens (including phenoxy) is 3. The molecule has 61 heavy (non-hydrogen) atoms. The van der Waals surface area contributed by atoms with Crippen LogP contribution in [0.4, 0.5) is 36.3 Å². The molecule has 3 aromatic carbocycles. The Morgan fingerprint density at radius 1 is 0.984 bits per heavy atom. The number of hydrogen-bond donors (Lipinski definition) is 4. The van der Waals surface area contributed by atoms with Crippen molar-refractivity contribution >= 4 is 64.6 Å². The first-order chi connectivity index (χ1) is 29.3. The Kier molecular flexibility index (Phi) is 14.6. The largest absolute Gasteiger partial charge is 0.494 e. The number of nitrogens with one attached hydrogen (secondary N) is 4. The Labute approximate surface area is 353 Å². The summed E-state index contributed by atoms with van der Waals surface area (Å²) in [5, 5.41) is 10.6. The van der Waals surface area contributed by atoms with Crippen molar-refractivity contribution in [2.45, 2.75) is 44.4 Å². The molecule has 0 radical (unpaired) electrons. The number of fused-ring (bicyclic) bond motifs is 1. The summed E-state index contributed by atoms with van der Waals surface area (Å²) in [6, 6.07) is 17.6. The van der Waals surface area contributed by atoms with Gasteiger partial charge in [0.2, 0.25) is 23.7 Å². The van der Waals surface area contributed by atoms with E-state index >= 15 is 0 Å². The van der Waals surface area contributed by atoms with Crippen LogP contribution in [0, 0.1) is 0 Å². The number of alkyl halides is 3. The van der Waals surface area contributed by atoms with Gasteiger partial charge in [-0.3, -0.25) is 34.2 Å². The summed E-state index contributed by atoms with van der Waals surface area (Å²) in [7, 11) is 1.90. The van der Waals surface area contributed by atoms with Gasteiger partial charge in [-0.15, -0.1) is 0 Å². The molecule has 5 amide bonds. The van der Waals surface area contributed by atoms with Crippen molar-refractivity contribution in [3.8, 4) is 11.5 Å². The second-order valence-electron chi connectivity index (χ2n) is 13.7. The predicted octanol–water partition coefficient (Wildman–Crippen LogP) is 5.34. The zero-order valence-electron chi connectivity index (χ0n) is 33.2. The molecule has 1 atom stereocenters. The van der Waals surface area contributed by atoms with Crippen LogP contribution < -0.4 is 35.0 Å². The van der Waals surface area contributed by atoms with E-state index in [0.717, 1.165) is 22.3 Å². The molecule has 1 fully saturated rings. The number of rotatable bonds is 20. The van der Waals surface area contributed by atoms with E-state index < -0.39 is 41.4 Å². The maximum atomic E-state index is 13.8. The van der Waals surface area contributed by atoms with Crippen molar-refractivity contribution in [2.75, 3.05) is 61.2 Å². The minimum Gasteiger partial charge on any atom is -0.494 e. The molecule has 1 saturated heterocycles. The monoisotopic (exact) mass is 864 g/mol. The Balaban J connectivity index is 0.867. The van der Waals surface area contributed by atoms with Crippen molar-refractivity contribution in [1.82, 2.24) is 25.5 Å². The van der Waals surface area contributed by atoms with E-state index in [1.807, 2.05) is 41.9 Å². The summed E-state index contributed by atoms with van der Waals surface area (Å²) in [5.41, 5.74) is 1.36. The zero-order chi connectivity index (χ0) is 43.5. The summed E-state index contributed by atoms with van der Waals surface area (Å²) >= 11 is 1.51. The summed E-state index contributed by atoms with van der Waals surface area (Å²) < 4.78 is 60.4. The van der Waals surface area contributed by atoms with Crippen molar-refractivity contribution in [1.29, 1.82) is 0 Å². The molecule has 2 aliphatic heterocycles. The molecular formula is C41H43F3N8O8S. The van der Waals surface area contributed by atoms with Crippen LogP contribution in [0.15, 0.2) is 72.9 Å².